The maximum atomic E-state index is 6.40. The molecule has 0 aliphatic rings. The maximum absolute atomic E-state index is 6.40. The van der Waals surface area contributed by atoms with Gasteiger partial charge in [-0.3, -0.25) is 0 Å². The van der Waals surface area contributed by atoms with E-state index < -0.39 is 0 Å². The summed E-state index contributed by atoms with van der Waals surface area (Å²) in [6.07, 6.45) is 0. The maximum Gasteiger partial charge on any atom is 0.106 e. The standard InChI is InChI=1S/C15H15NOS/c1-9-8-13(10(2)17-9)14(16)12-5-3-4-11-6-7-18-15(11)12/h3-8,14H,16H2,1-2H3. The predicted octanol–water partition coefficient (Wildman–Crippen LogP) is 4.16. The summed E-state index contributed by atoms with van der Waals surface area (Å²) in [5.74, 6) is 1.82. The first-order chi connectivity index (χ1) is 8.66. The Kier molecular flexibility index (Phi) is 2.73. The largest absolute Gasteiger partial charge is 0.466 e. The van der Waals surface area contributed by atoms with Crippen LogP contribution in [-0.2, 0) is 0 Å². The molecule has 0 aliphatic carbocycles. The molecule has 3 heteroatoms. The van der Waals surface area contributed by atoms with E-state index in [1.54, 1.807) is 11.3 Å². The summed E-state index contributed by atoms with van der Waals surface area (Å²) in [7, 11) is 0. The minimum Gasteiger partial charge on any atom is -0.466 e. The summed E-state index contributed by atoms with van der Waals surface area (Å²) in [4.78, 5) is 0. The van der Waals surface area contributed by atoms with Gasteiger partial charge in [0.1, 0.15) is 11.5 Å². The van der Waals surface area contributed by atoms with Gasteiger partial charge in [0.2, 0.25) is 0 Å². The first-order valence-corrected chi connectivity index (χ1v) is 6.83. The van der Waals surface area contributed by atoms with Crippen LogP contribution in [0.5, 0.6) is 0 Å². The summed E-state index contributed by atoms with van der Waals surface area (Å²) in [5, 5.41) is 3.36. The third-order valence-electron chi connectivity index (χ3n) is 3.26. The van der Waals surface area contributed by atoms with Crippen LogP contribution in [-0.4, -0.2) is 0 Å². The second-order valence-corrected chi connectivity index (χ2v) is 5.45. The average Bonchev–Trinajstić information content (AvgIpc) is 2.94. The van der Waals surface area contributed by atoms with Crippen molar-refractivity contribution in [1.82, 2.24) is 0 Å². The minimum absolute atomic E-state index is 0.121. The van der Waals surface area contributed by atoms with Crippen LogP contribution in [0.2, 0.25) is 0 Å². The molecule has 0 spiro atoms. The lowest BCUT2D eigenvalue weighted by atomic mass is 9.99. The molecule has 0 bridgehead atoms. The van der Waals surface area contributed by atoms with Gasteiger partial charge in [-0.05, 0) is 42.3 Å². The van der Waals surface area contributed by atoms with E-state index in [2.05, 4.69) is 29.6 Å². The van der Waals surface area contributed by atoms with E-state index in [4.69, 9.17) is 10.2 Å². The Labute approximate surface area is 110 Å². The van der Waals surface area contributed by atoms with E-state index in [1.165, 1.54) is 15.6 Å². The topological polar surface area (TPSA) is 39.2 Å². The van der Waals surface area contributed by atoms with Crippen molar-refractivity contribution in [3.8, 4) is 0 Å². The van der Waals surface area contributed by atoms with Gasteiger partial charge in [-0.1, -0.05) is 18.2 Å². The van der Waals surface area contributed by atoms with E-state index in [-0.39, 0.29) is 6.04 Å². The van der Waals surface area contributed by atoms with Crippen LogP contribution < -0.4 is 5.73 Å². The first kappa shape index (κ1) is 11.5. The second kappa shape index (κ2) is 4.26. The fraction of sp³-hybridized carbons (Fsp3) is 0.200. The third kappa shape index (κ3) is 1.76. The first-order valence-electron chi connectivity index (χ1n) is 5.95. The number of thiophene rings is 1. The molecule has 1 aromatic carbocycles. The van der Waals surface area contributed by atoms with Gasteiger partial charge in [-0.25, -0.2) is 0 Å². The lowest BCUT2D eigenvalue weighted by Gasteiger charge is -2.12. The molecule has 0 saturated heterocycles. The van der Waals surface area contributed by atoms with Crippen molar-refractivity contribution in [2.24, 2.45) is 5.73 Å². The quantitative estimate of drug-likeness (QED) is 0.748. The van der Waals surface area contributed by atoms with Crippen LogP contribution in [0.15, 0.2) is 40.1 Å². The van der Waals surface area contributed by atoms with Gasteiger partial charge in [-0.15, -0.1) is 11.3 Å². The molecule has 0 aliphatic heterocycles. The number of benzene rings is 1. The Morgan fingerprint density at radius 3 is 2.72 bits per heavy atom. The van der Waals surface area contributed by atoms with Crippen molar-refractivity contribution in [3.05, 3.63) is 58.4 Å². The van der Waals surface area contributed by atoms with E-state index >= 15 is 0 Å². The molecule has 92 valence electrons. The molecule has 0 saturated carbocycles. The van der Waals surface area contributed by atoms with Crippen molar-refractivity contribution in [2.75, 3.05) is 0 Å². The van der Waals surface area contributed by atoms with Crippen LogP contribution in [0.3, 0.4) is 0 Å². The van der Waals surface area contributed by atoms with E-state index in [0.717, 1.165) is 17.1 Å². The van der Waals surface area contributed by atoms with Crippen LogP contribution in [0.25, 0.3) is 10.1 Å². The van der Waals surface area contributed by atoms with E-state index in [1.807, 2.05) is 19.9 Å². The van der Waals surface area contributed by atoms with Crippen LogP contribution in [0, 0.1) is 13.8 Å². The molecule has 3 rings (SSSR count). The molecule has 2 aromatic heterocycles. The van der Waals surface area contributed by atoms with Crippen molar-refractivity contribution >= 4 is 21.4 Å². The minimum atomic E-state index is -0.121. The summed E-state index contributed by atoms with van der Waals surface area (Å²) >= 11 is 1.74. The molecule has 2 N–H and O–H groups in total. The highest BCUT2D eigenvalue weighted by molar-refractivity contribution is 7.17. The van der Waals surface area contributed by atoms with Gasteiger partial charge in [0.15, 0.2) is 0 Å². The van der Waals surface area contributed by atoms with Crippen LogP contribution in [0.1, 0.15) is 28.7 Å². The summed E-state index contributed by atoms with van der Waals surface area (Å²) in [6.45, 7) is 3.92. The number of rotatable bonds is 2. The average molecular weight is 257 g/mol. The van der Waals surface area contributed by atoms with Crippen LogP contribution >= 0.6 is 11.3 Å². The molecule has 1 atom stereocenters. The summed E-state index contributed by atoms with van der Waals surface area (Å²) in [6, 6.07) is 10.3. The smallest absolute Gasteiger partial charge is 0.106 e. The second-order valence-electron chi connectivity index (χ2n) is 4.53. The molecule has 0 radical (unpaired) electrons. The Balaban J connectivity index is 2.14. The number of fused-ring (bicyclic) bond motifs is 1. The molecular weight excluding hydrogens is 242 g/mol. The monoisotopic (exact) mass is 257 g/mol. The molecule has 0 amide bonds. The number of nitrogens with two attached hydrogens (primary N) is 1. The highest BCUT2D eigenvalue weighted by Gasteiger charge is 2.17. The summed E-state index contributed by atoms with van der Waals surface area (Å²) in [5.41, 5.74) is 8.65. The Morgan fingerprint density at radius 2 is 2.00 bits per heavy atom. The molecule has 1 unspecified atom stereocenters. The van der Waals surface area contributed by atoms with Crippen molar-refractivity contribution < 1.29 is 4.42 Å². The van der Waals surface area contributed by atoms with E-state index in [9.17, 15) is 0 Å². The number of aryl methyl sites for hydroxylation is 2. The van der Waals surface area contributed by atoms with Gasteiger partial charge in [0.25, 0.3) is 0 Å². The fourth-order valence-electron chi connectivity index (χ4n) is 2.39. The number of furan rings is 1. The summed E-state index contributed by atoms with van der Waals surface area (Å²) < 4.78 is 6.84. The van der Waals surface area contributed by atoms with Gasteiger partial charge >= 0.3 is 0 Å². The zero-order chi connectivity index (χ0) is 12.7. The van der Waals surface area contributed by atoms with Crippen molar-refractivity contribution in [1.29, 1.82) is 0 Å². The van der Waals surface area contributed by atoms with Gasteiger partial charge in [0, 0.05) is 10.3 Å². The van der Waals surface area contributed by atoms with Crippen LogP contribution in [0.4, 0.5) is 0 Å². The number of hydrogen-bond acceptors (Lipinski definition) is 3. The Bertz CT molecular complexity index is 695. The molecule has 18 heavy (non-hydrogen) atoms. The Hall–Kier alpha value is -1.58. The van der Waals surface area contributed by atoms with Gasteiger partial charge in [-0.2, -0.15) is 0 Å². The highest BCUT2D eigenvalue weighted by atomic mass is 32.1. The molecule has 3 aromatic rings. The predicted molar refractivity (Wildman–Crippen MR) is 76.0 cm³/mol. The molecule has 2 heterocycles. The fourth-order valence-corrected chi connectivity index (χ4v) is 3.34. The zero-order valence-corrected chi connectivity index (χ0v) is 11.3. The van der Waals surface area contributed by atoms with Crippen molar-refractivity contribution in [2.45, 2.75) is 19.9 Å². The highest BCUT2D eigenvalue weighted by Crippen LogP contribution is 2.33. The van der Waals surface area contributed by atoms with Crippen molar-refractivity contribution in [3.63, 3.8) is 0 Å². The van der Waals surface area contributed by atoms with Gasteiger partial charge < -0.3 is 10.2 Å². The molecular formula is C15H15NOS. The normalized spacial score (nSPS) is 13.1. The lowest BCUT2D eigenvalue weighted by molar-refractivity contribution is 0.500. The lowest BCUT2D eigenvalue weighted by Crippen LogP contribution is -2.12. The number of hydrogen-bond donors (Lipinski definition) is 1. The Morgan fingerprint density at radius 1 is 1.17 bits per heavy atom. The third-order valence-corrected chi connectivity index (χ3v) is 4.24. The van der Waals surface area contributed by atoms with Gasteiger partial charge in [0.05, 0.1) is 6.04 Å². The zero-order valence-electron chi connectivity index (χ0n) is 10.4. The SMILES string of the molecule is Cc1cc(C(N)c2cccc3ccsc23)c(C)o1. The molecule has 0 fully saturated rings. The van der Waals surface area contributed by atoms with E-state index in [0.29, 0.717) is 0 Å². The molecule has 2 nitrogen and oxygen atoms in total.